The third-order valence-electron chi connectivity index (χ3n) is 2.80. The molecule has 0 aromatic carbocycles. The Kier molecular flexibility index (Phi) is 11.9. The normalized spacial score (nSPS) is 14.8. The molecule has 0 radical (unpaired) electrons. The van der Waals surface area contributed by atoms with E-state index in [4.69, 9.17) is 9.05 Å². The molecule has 0 saturated carbocycles. The molecule has 0 saturated heterocycles. The van der Waals surface area contributed by atoms with Gasteiger partial charge in [-0.1, -0.05) is 45.4 Å². The topological polar surface area (TPSA) is 59.0 Å². The van der Waals surface area contributed by atoms with Crippen molar-refractivity contribution in [1.82, 2.24) is 4.90 Å². The fourth-order valence-electron chi connectivity index (χ4n) is 1.62. The van der Waals surface area contributed by atoms with Crippen LogP contribution in [-0.2, 0) is 13.6 Å². The largest absolute Gasteiger partial charge is 0.472 e. The highest BCUT2D eigenvalue weighted by molar-refractivity contribution is 7.47. The lowest BCUT2D eigenvalue weighted by Gasteiger charge is -2.14. The summed E-state index contributed by atoms with van der Waals surface area (Å²) in [5, 5.41) is 0. The smallest absolute Gasteiger partial charge is 0.307 e. The highest BCUT2D eigenvalue weighted by Gasteiger charge is 2.20. The van der Waals surface area contributed by atoms with E-state index < -0.39 is 7.82 Å². The monoisotopic (exact) mass is 295 g/mol. The van der Waals surface area contributed by atoms with Gasteiger partial charge < -0.3 is 9.79 Å². The van der Waals surface area contributed by atoms with Gasteiger partial charge in [-0.15, -0.1) is 0 Å². The van der Waals surface area contributed by atoms with Gasteiger partial charge in [-0.2, -0.15) is 0 Å². The molecular formula is C13H30NO4P. The molecule has 0 bridgehead atoms. The van der Waals surface area contributed by atoms with E-state index >= 15 is 0 Å². The zero-order valence-corrected chi connectivity index (χ0v) is 13.5. The van der Waals surface area contributed by atoms with Crippen molar-refractivity contribution in [1.29, 1.82) is 0 Å². The maximum atomic E-state index is 11.5. The molecule has 0 aromatic rings. The highest BCUT2D eigenvalue weighted by Crippen LogP contribution is 2.43. The summed E-state index contributed by atoms with van der Waals surface area (Å²) < 4.78 is 21.2. The molecule has 0 aliphatic heterocycles. The van der Waals surface area contributed by atoms with Gasteiger partial charge in [0.1, 0.15) is 0 Å². The molecule has 1 unspecified atom stereocenters. The van der Waals surface area contributed by atoms with Gasteiger partial charge in [0, 0.05) is 6.54 Å². The predicted octanol–water partition coefficient (Wildman–Crippen LogP) is 3.43. The van der Waals surface area contributed by atoms with Gasteiger partial charge in [0.25, 0.3) is 0 Å². The molecular weight excluding hydrogens is 265 g/mol. The number of likely N-dealkylation sites (N-methyl/N-ethyl adjacent to an activating group) is 1. The van der Waals surface area contributed by atoms with Crippen LogP contribution in [0.15, 0.2) is 0 Å². The summed E-state index contributed by atoms with van der Waals surface area (Å²) in [5.74, 6) is 0. The summed E-state index contributed by atoms with van der Waals surface area (Å²) in [6.07, 6.45) is 8.09. The van der Waals surface area contributed by atoms with Crippen molar-refractivity contribution >= 4 is 7.82 Å². The highest BCUT2D eigenvalue weighted by atomic mass is 31.2. The Labute approximate surface area is 117 Å². The van der Waals surface area contributed by atoms with Crippen molar-refractivity contribution in [3.8, 4) is 0 Å². The fraction of sp³-hybridized carbons (Fsp3) is 1.00. The van der Waals surface area contributed by atoms with E-state index in [1.54, 1.807) is 0 Å². The van der Waals surface area contributed by atoms with E-state index in [9.17, 15) is 9.46 Å². The Morgan fingerprint density at radius 2 is 1.47 bits per heavy atom. The number of unbranched alkanes of at least 4 members (excludes halogenated alkanes) is 6. The Hall–Kier alpha value is 0.0700. The van der Waals surface area contributed by atoms with Crippen LogP contribution >= 0.6 is 7.82 Å². The van der Waals surface area contributed by atoms with Crippen LogP contribution in [0.2, 0.25) is 0 Å². The molecule has 5 nitrogen and oxygen atoms in total. The Morgan fingerprint density at radius 3 is 2.05 bits per heavy atom. The minimum absolute atomic E-state index is 0.206. The molecule has 0 rings (SSSR count). The molecule has 0 aliphatic carbocycles. The first kappa shape index (κ1) is 19.1. The van der Waals surface area contributed by atoms with Crippen LogP contribution in [0.5, 0.6) is 0 Å². The van der Waals surface area contributed by atoms with Crippen molar-refractivity contribution in [2.24, 2.45) is 0 Å². The Morgan fingerprint density at radius 1 is 0.947 bits per heavy atom. The molecule has 1 atom stereocenters. The van der Waals surface area contributed by atoms with Crippen molar-refractivity contribution in [2.45, 2.75) is 51.9 Å². The maximum absolute atomic E-state index is 11.5. The van der Waals surface area contributed by atoms with E-state index in [1.807, 2.05) is 19.0 Å². The first-order valence-electron chi connectivity index (χ1n) is 7.24. The minimum Gasteiger partial charge on any atom is -0.307 e. The van der Waals surface area contributed by atoms with Gasteiger partial charge in [0.2, 0.25) is 0 Å². The van der Waals surface area contributed by atoms with Crippen LogP contribution in [-0.4, -0.2) is 43.6 Å². The van der Waals surface area contributed by atoms with Crippen LogP contribution in [0.25, 0.3) is 0 Å². The average Bonchev–Trinajstić information content (AvgIpc) is 2.31. The average molecular weight is 295 g/mol. The lowest BCUT2D eigenvalue weighted by Crippen LogP contribution is -2.17. The second-order valence-electron chi connectivity index (χ2n) is 5.06. The molecule has 0 spiro atoms. The van der Waals surface area contributed by atoms with Crippen LogP contribution < -0.4 is 0 Å². The molecule has 0 heterocycles. The quantitative estimate of drug-likeness (QED) is 0.416. The molecule has 116 valence electrons. The van der Waals surface area contributed by atoms with Crippen molar-refractivity contribution < 1.29 is 18.5 Å². The third-order valence-corrected chi connectivity index (χ3v) is 3.81. The summed E-state index contributed by atoms with van der Waals surface area (Å²) in [4.78, 5) is 11.3. The van der Waals surface area contributed by atoms with Crippen LogP contribution in [0.3, 0.4) is 0 Å². The molecule has 6 heteroatoms. The second kappa shape index (κ2) is 11.9. The lowest BCUT2D eigenvalue weighted by atomic mass is 10.1. The Balaban J connectivity index is 3.40. The molecule has 0 fully saturated rings. The number of hydrogen-bond donors (Lipinski definition) is 1. The van der Waals surface area contributed by atoms with Crippen LogP contribution in [0.1, 0.15) is 51.9 Å². The second-order valence-corrected chi connectivity index (χ2v) is 6.51. The van der Waals surface area contributed by atoms with E-state index in [2.05, 4.69) is 6.92 Å². The SMILES string of the molecule is CCCCCCCCCOP(=O)(O)OCCN(C)C. The van der Waals surface area contributed by atoms with Crippen LogP contribution in [0, 0.1) is 0 Å². The zero-order valence-electron chi connectivity index (χ0n) is 12.6. The number of phosphoric ester groups is 1. The standard InChI is InChI=1S/C13H30NO4P/c1-4-5-6-7-8-9-10-12-17-19(15,16)18-13-11-14(2)3/h4-13H2,1-3H3,(H,15,16). The number of hydrogen-bond acceptors (Lipinski definition) is 4. The first-order valence-corrected chi connectivity index (χ1v) is 8.74. The van der Waals surface area contributed by atoms with E-state index in [1.165, 1.54) is 32.1 Å². The van der Waals surface area contributed by atoms with Gasteiger partial charge in [-0.05, 0) is 20.5 Å². The molecule has 0 amide bonds. The van der Waals surface area contributed by atoms with E-state index in [0.29, 0.717) is 13.2 Å². The summed E-state index contributed by atoms with van der Waals surface area (Å²) in [5.41, 5.74) is 0. The molecule has 0 aromatic heterocycles. The van der Waals surface area contributed by atoms with Gasteiger partial charge in [-0.25, -0.2) is 4.57 Å². The van der Waals surface area contributed by atoms with Gasteiger partial charge in [0.15, 0.2) is 0 Å². The summed E-state index contributed by atoms with van der Waals surface area (Å²) in [6.45, 7) is 3.30. The van der Waals surface area contributed by atoms with E-state index in [-0.39, 0.29) is 6.61 Å². The number of nitrogens with zero attached hydrogens (tertiary/aromatic N) is 1. The number of rotatable bonds is 13. The summed E-state index contributed by atoms with van der Waals surface area (Å²) in [7, 11) is -0.0816. The molecule has 19 heavy (non-hydrogen) atoms. The number of phosphoric acid groups is 1. The van der Waals surface area contributed by atoms with Gasteiger partial charge in [-0.3, -0.25) is 9.05 Å². The third kappa shape index (κ3) is 14.3. The zero-order chi connectivity index (χ0) is 14.6. The molecule has 1 N–H and O–H groups in total. The predicted molar refractivity (Wildman–Crippen MR) is 78.3 cm³/mol. The Bertz CT molecular complexity index is 249. The van der Waals surface area contributed by atoms with Crippen molar-refractivity contribution in [2.75, 3.05) is 33.9 Å². The van der Waals surface area contributed by atoms with Crippen molar-refractivity contribution in [3.63, 3.8) is 0 Å². The lowest BCUT2D eigenvalue weighted by molar-refractivity contribution is 0.138. The van der Waals surface area contributed by atoms with Crippen molar-refractivity contribution in [3.05, 3.63) is 0 Å². The van der Waals surface area contributed by atoms with Gasteiger partial charge >= 0.3 is 7.82 Å². The van der Waals surface area contributed by atoms with Crippen LogP contribution in [0.4, 0.5) is 0 Å². The molecule has 0 aliphatic rings. The first-order chi connectivity index (χ1) is 8.98. The fourth-order valence-corrected chi connectivity index (χ4v) is 2.36. The van der Waals surface area contributed by atoms with Gasteiger partial charge in [0.05, 0.1) is 13.2 Å². The van der Waals surface area contributed by atoms with E-state index in [0.717, 1.165) is 12.8 Å². The maximum Gasteiger partial charge on any atom is 0.472 e. The minimum atomic E-state index is -3.84. The summed E-state index contributed by atoms with van der Waals surface area (Å²) in [6, 6.07) is 0. The summed E-state index contributed by atoms with van der Waals surface area (Å²) >= 11 is 0.